The number of carbonyl (C=O) groups excluding carboxylic acids is 1. The topological polar surface area (TPSA) is 62.6 Å². The third-order valence-electron chi connectivity index (χ3n) is 5.92. The Morgan fingerprint density at radius 2 is 1.83 bits per heavy atom. The Labute approximate surface area is 177 Å². The standard InChI is InChI=1S/C23H38N2O3Si/c1-22(2,3)28-21(26)25(7)14-16-10-11-17-13-18(20(24)19(17)12-16)15-27-29(8,9)23(4,5)6/h10-12,18,24H,13-15H2,1-9H3/t18-/m1/s1. The van der Waals surface area contributed by atoms with Crippen LogP contribution in [-0.4, -0.2) is 44.3 Å². The molecule has 0 saturated carbocycles. The van der Waals surface area contributed by atoms with Gasteiger partial charge < -0.3 is 19.5 Å². The van der Waals surface area contributed by atoms with E-state index in [2.05, 4.69) is 39.9 Å². The molecule has 29 heavy (non-hydrogen) atoms. The fraction of sp³-hybridized carbons (Fsp3) is 0.652. The molecule has 0 aromatic heterocycles. The van der Waals surface area contributed by atoms with Gasteiger partial charge >= 0.3 is 6.09 Å². The van der Waals surface area contributed by atoms with Gasteiger partial charge in [0.05, 0.1) is 0 Å². The number of hydrogen-bond acceptors (Lipinski definition) is 4. The molecule has 0 radical (unpaired) electrons. The lowest BCUT2D eigenvalue weighted by atomic mass is 10.0. The lowest BCUT2D eigenvalue weighted by Crippen LogP contribution is -2.42. The summed E-state index contributed by atoms with van der Waals surface area (Å²) in [4.78, 5) is 13.8. The summed E-state index contributed by atoms with van der Waals surface area (Å²) >= 11 is 0. The number of rotatable bonds is 5. The second-order valence-corrected chi connectivity index (χ2v) is 15.5. The molecule has 1 N–H and O–H groups in total. The molecule has 0 fully saturated rings. The quantitative estimate of drug-likeness (QED) is 0.632. The van der Waals surface area contributed by atoms with Gasteiger partial charge in [0.2, 0.25) is 0 Å². The van der Waals surface area contributed by atoms with E-state index in [1.165, 1.54) is 5.56 Å². The predicted molar refractivity (Wildman–Crippen MR) is 121 cm³/mol. The predicted octanol–water partition coefficient (Wildman–Crippen LogP) is 5.62. The Morgan fingerprint density at radius 3 is 2.38 bits per heavy atom. The Bertz CT molecular complexity index is 775. The molecule has 0 spiro atoms. The first-order valence-electron chi connectivity index (χ1n) is 10.4. The van der Waals surface area contributed by atoms with E-state index >= 15 is 0 Å². The molecule has 1 aromatic carbocycles. The summed E-state index contributed by atoms with van der Waals surface area (Å²) in [6.07, 6.45) is 0.513. The number of fused-ring (bicyclic) bond motifs is 1. The molecule has 0 unspecified atom stereocenters. The number of nitrogens with one attached hydrogen (secondary N) is 1. The van der Waals surface area contributed by atoms with Crippen molar-refractivity contribution < 1.29 is 14.0 Å². The number of ether oxygens (including phenoxy) is 1. The minimum atomic E-state index is -1.83. The van der Waals surface area contributed by atoms with Crippen molar-refractivity contribution in [3.05, 3.63) is 34.9 Å². The fourth-order valence-corrected chi connectivity index (χ4v) is 4.13. The van der Waals surface area contributed by atoms with Crippen molar-refractivity contribution in [2.24, 2.45) is 5.92 Å². The number of hydrogen-bond donors (Lipinski definition) is 1. The zero-order chi connectivity index (χ0) is 22.2. The molecule has 1 aliphatic carbocycles. The summed E-state index contributed by atoms with van der Waals surface area (Å²) < 4.78 is 11.8. The van der Waals surface area contributed by atoms with Gasteiger partial charge in [0.25, 0.3) is 0 Å². The van der Waals surface area contributed by atoms with Crippen LogP contribution in [-0.2, 0) is 22.1 Å². The highest BCUT2D eigenvalue weighted by atomic mass is 28.4. The van der Waals surface area contributed by atoms with Crippen molar-refractivity contribution >= 4 is 20.1 Å². The minimum Gasteiger partial charge on any atom is -0.444 e. The molecular weight excluding hydrogens is 380 g/mol. The van der Waals surface area contributed by atoms with Crippen LogP contribution in [0.1, 0.15) is 58.2 Å². The van der Waals surface area contributed by atoms with Crippen LogP contribution >= 0.6 is 0 Å². The molecule has 1 aromatic rings. The molecule has 0 bridgehead atoms. The van der Waals surface area contributed by atoms with E-state index in [0.717, 1.165) is 17.5 Å². The molecule has 5 nitrogen and oxygen atoms in total. The van der Waals surface area contributed by atoms with Crippen LogP contribution in [0.15, 0.2) is 18.2 Å². The van der Waals surface area contributed by atoms with Crippen LogP contribution in [0.2, 0.25) is 18.1 Å². The molecule has 0 aliphatic heterocycles. The van der Waals surface area contributed by atoms with E-state index in [1.54, 1.807) is 11.9 Å². The van der Waals surface area contributed by atoms with Gasteiger partial charge in [-0.15, -0.1) is 0 Å². The average Bonchev–Trinajstić information content (AvgIpc) is 2.86. The lowest BCUT2D eigenvalue weighted by molar-refractivity contribution is 0.0285. The monoisotopic (exact) mass is 418 g/mol. The Kier molecular flexibility index (Phi) is 6.70. The van der Waals surface area contributed by atoms with Gasteiger partial charge in [0.15, 0.2) is 8.32 Å². The summed E-state index contributed by atoms with van der Waals surface area (Å²) in [5.41, 5.74) is 3.34. The molecule has 1 atom stereocenters. The van der Waals surface area contributed by atoms with Crippen LogP contribution in [0, 0.1) is 11.3 Å². The largest absolute Gasteiger partial charge is 0.444 e. The smallest absolute Gasteiger partial charge is 0.410 e. The van der Waals surface area contributed by atoms with Crippen LogP contribution in [0.5, 0.6) is 0 Å². The molecule has 0 saturated heterocycles. The van der Waals surface area contributed by atoms with Crippen molar-refractivity contribution in [2.45, 2.75) is 78.2 Å². The van der Waals surface area contributed by atoms with Gasteiger partial charge in [-0.05, 0) is 68.1 Å². The number of nitrogens with zero attached hydrogens (tertiary/aromatic N) is 1. The molecule has 162 valence electrons. The number of benzene rings is 1. The van der Waals surface area contributed by atoms with Crippen molar-refractivity contribution in [3.8, 4) is 0 Å². The normalized spacial score (nSPS) is 17.3. The Morgan fingerprint density at radius 1 is 1.21 bits per heavy atom. The van der Waals surface area contributed by atoms with Crippen LogP contribution in [0.4, 0.5) is 4.79 Å². The lowest BCUT2D eigenvalue weighted by Gasteiger charge is -2.37. The molecule has 2 rings (SSSR count). The number of amides is 1. The zero-order valence-electron chi connectivity index (χ0n) is 19.6. The Hall–Kier alpha value is -1.66. The summed E-state index contributed by atoms with van der Waals surface area (Å²) in [6.45, 7) is 17.9. The van der Waals surface area contributed by atoms with E-state index in [1.807, 2.05) is 32.9 Å². The Balaban J connectivity index is 2.04. The second kappa shape index (κ2) is 8.23. The SMILES string of the molecule is CN(Cc1ccc2c(c1)C(=N)[C@@H](CO[Si](C)(C)C(C)(C)C)C2)C(=O)OC(C)(C)C. The van der Waals surface area contributed by atoms with Gasteiger partial charge in [-0.2, -0.15) is 0 Å². The highest BCUT2D eigenvalue weighted by Crippen LogP contribution is 2.38. The first kappa shape index (κ1) is 23.6. The van der Waals surface area contributed by atoms with Gasteiger partial charge in [-0.3, -0.25) is 0 Å². The van der Waals surface area contributed by atoms with Gasteiger partial charge in [-0.25, -0.2) is 4.79 Å². The number of carbonyl (C=O) groups is 1. The van der Waals surface area contributed by atoms with E-state index in [4.69, 9.17) is 14.6 Å². The first-order chi connectivity index (χ1) is 13.1. The first-order valence-corrected chi connectivity index (χ1v) is 13.3. The zero-order valence-corrected chi connectivity index (χ0v) is 20.6. The van der Waals surface area contributed by atoms with Gasteiger partial charge in [0.1, 0.15) is 5.60 Å². The van der Waals surface area contributed by atoms with Crippen molar-refractivity contribution in [1.29, 1.82) is 5.41 Å². The van der Waals surface area contributed by atoms with Crippen LogP contribution in [0.3, 0.4) is 0 Å². The highest BCUT2D eigenvalue weighted by Gasteiger charge is 2.39. The summed E-state index contributed by atoms with van der Waals surface area (Å²) in [6, 6.07) is 6.18. The third kappa shape index (κ3) is 5.92. The third-order valence-corrected chi connectivity index (χ3v) is 10.4. The van der Waals surface area contributed by atoms with Crippen molar-refractivity contribution in [2.75, 3.05) is 13.7 Å². The summed E-state index contributed by atoms with van der Waals surface area (Å²) in [5.74, 6) is 0.109. The molecule has 0 heterocycles. The van der Waals surface area contributed by atoms with Gasteiger partial charge in [0, 0.05) is 31.8 Å². The molecule has 6 heteroatoms. The van der Waals surface area contributed by atoms with Crippen molar-refractivity contribution in [1.82, 2.24) is 4.90 Å². The summed E-state index contributed by atoms with van der Waals surface area (Å²) in [7, 11) is -0.0866. The molecule has 1 aliphatic rings. The second-order valence-electron chi connectivity index (χ2n) is 10.7. The minimum absolute atomic E-state index is 0.109. The highest BCUT2D eigenvalue weighted by molar-refractivity contribution is 6.74. The summed E-state index contributed by atoms with van der Waals surface area (Å²) in [5, 5.41) is 8.83. The van der Waals surface area contributed by atoms with E-state index in [0.29, 0.717) is 18.9 Å². The maximum absolute atomic E-state index is 12.2. The fourth-order valence-electron chi connectivity index (χ4n) is 3.08. The van der Waals surface area contributed by atoms with Crippen LogP contribution < -0.4 is 0 Å². The maximum Gasteiger partial charge on any atom is 0.410 e. The molecular formula is C23H38N2O3Si. The van der Waals surface area contributed by atoms with E-state index < -0.39 is 13.9 Å². The van der Waals surface area contributed by atoms with Crippen molar-refractivity contribution in [3.63, 3.8) is 0 Å². The average molecular weight is 419 g/mol. The maximum atomic E-state index is 12.2. The molecule has 1 amide bonds. The van der Waals surface area contributed by atoms with Crippen LogP contribution in [0.25, 0.3) is 0 Å². The van der Waals surface area contributed by atoms with E-state index in [-0.39, 0.29) is 17.0 Å². The van der Waals surface area contributed by atoms with Gasteiger partial charge in [-0.1, -0.05) is 32.9 Å². The van der Waals surface area contributed by atoms with E-state index in [9.17, 15) is 4.79 Å².